The van der Waals surface area contributed by atoms with Gasteiger partial charge >= 0.3 is 0 Å². The van der Waals surface area contributed by atoms with Gasteiger partial charge in [0, 0.05) is 17.7 Å². The first-order valence-corrected chi connectivity index (χ1v) is 6.78. The summed E-state index contributed by atoms with van der Waals surface area (Å²) in [6.45, 7) is 2.28. The fourth-order valence-corrected chi connectivity index (χ4v) is 2.23. The lowest BCUT2D eigenvalue weighted by Crippen LogP contribution is -1.95. The van der Waals surface area contributed by atoms with Crippen molar-refractivity contribution in [2.24, 2.45) is 5.73 Å². The van der Waals surface area contributed by atoms with E-state index in [4.69, 9.17) is 5.73 Å². The van der Waals surface area contributed by atoms with E-state index in [1.165, 1.54) is 6.07 Å². The van der Waals surface area contributed by atoms with Crippen LogP contribution in [-0.2, 0) is 6.54 Å². The van der Waals surface area contributed by atoms with Gasteiger partial charge in [0.25, 0.3) is 0 Å². The quantitative estimate of drug-likeness (QED) is 0.770. The highest BCUT2D eigenvalue weighted by Crippen LogP contribution is 2.24. The van der Waals surface area contributed by atoms with Crippen molar-refractivity contribution in [3.8, 4) is 22.6 Å². The highest BCUT2D eigenvalue weighted by molar-refractivity contribution is 5.65. The molecule has 0 atom stereocenters. The summed E-state index contributed by atoms with van der Waals surface area (Å²) in [6.07, 6.45) is 1.76. The standard InChI is InChI=1S/C17H16FN3/c1-11-8-14(6-7-15(11)18)16-10-20-17(21-16)13-4-2-12(9-19)3-5-13/h2-8,10H,9,19H2,1H3,(H,20,21). The number of H-pyrrole nitrogens is 1. The molecule has 106 valence electrons. The van der Waals surface area contributed by atoms with E-state index in [2.05, 4.69) is 9.97 Å². The highest BCUT2D eigenvalue weighted by atomic mass is 19.1. The Balaban J connectivity index is 1.93. The minimum Gasteiger partial charge on any atom is -0.338 e. The van der Waals surface area contributed by atoms with Crippen molar-refractivity contribution in [1.82, 2.24) is 9.97 Å². The van der Waals surface area contributed by atoms with E-state index in [1.807, 2.05) is 30.3 Å². The zero-order valence-corrected chi connectivity index (χ0v) is 11.7. The molecule has 4 heteroatoms. The Bertz CT molecular complexity index is 760. The smallest absolute Gasteiger partial charge is 0.137 e. The summed E-state index contributed by atoms with van der Waals surface area (Å²) in [4.78, 5) is 7.65. The van der Waals surface area contributed by atoms with Crippen LogP contribution in [-0.4, -0.2) is 9.97 Å². The lowest BCUT2D eigenvalue weighted by Gasteiger charge is -2.02. The summed E-state index contributed by atoms with van der Waals surface area (Å²) in [6, 6.07) is 13.0. The molecule has 0 spiro atoms. The molecule has 3 aromatic rings. The summed E-state index contributed by atoms with van der Waals surface area (Å²) in [5.41, 5.74) is 10.1. The molecule has 0 bridgehead atoms. The first-order valence-electron chi connectivity index (χ1n) is 6.78. The number of halogens is 1. The van der Waals surface area contributed by atoms with E-state index in [9.17, 15) is 4.39 Å². The number of aryl methyl sites for hydroxylation is 1. The van der Waals surface area contributed by atoms with Gasteiger partial charge in [0.2, 0.25) is 0 Å². The van der Waals surface area contributed by atoms with Crippen molar-refractivity contribution in [3.63, 3.8) is 0 Å². The first kappa shape index (κ1) is 13.5. The van der Waals surface area contributed by atoms with Crippen LogP contribution >= 0.6 is 0 Å². The van der Waals surface area contributed by atoms with Crippen LogP contribution in [0.3, 0.4) is 0 Å². The van der Waals surface area contributed by atoms with Crippen LogP contribution in [0.5, 0.6) is 0 Å². The van der Waals surface area contributed by atoms with E-state index in [0.29, 0.717) is 12.1 Å². The van der Waals surface area contributed by atoms with Gasteiger partial charge < -0.3 is 10.7 Å². The van der Waals surface area contributed by atoms with Gasteiger partial charge in [0.15, 0.2) is 0 Å². The molecule has 3 nitrogen and oxygen atoms in total. The Morgan fingerprint density at radius 1 is 1.10 bits per heavy atom. The number of imidazole rings is 1. The molecule has 21 heavy (non-hydrogen) atoms. The molecule has 0 aliphatic heterocycles. The van der Waals surface area contributed by atoms with E-state index in [0.717, 1.165) is 28.2 Å². The third-order valence-electron chi connectivity index (χ3n) is 3.51. The van der Waals surface area contributed by atoms with Gasteiger partial charge in [-0.25, -0.2) is 9.37 Å². The van der Waals surface area contributed by atoms with E-state index in [1.54, 1.807) is 19.2 Å². The normalized spacial score (nSPS) is 10.8. The zero-order valence-electron chi connectivity index (χ0n) is 11.7. The number of hydrogen-bond acceptors (Lipinski definition) is 2. The Kier molecular flexibility index (Phi) is 3.54. The Morgan fingerprint density at radius 2 is 1.81 bits per heavy atom. The molecule has 0 saturated heterocycles. The van der Waals surface area contributed by atoms with Crippen LogP contribution in [0.25, 0.3) is 22.6 Å². The molecular weight excluding hydrogens is 265 g/mol. The summed E-state index contributed by atoms with van der Waals surface area (Å²) >= 11 is 0. The molecule has 0 fully saturated rings. The van der Waals surface area contributed by atoms with Crippen LogP contribution in [0, 0.1) is 12.7 Å². The summed E-state index contributed by atoms with van der Waals surface area (Å²) in [7, 11) is 0. The molecule has 0 aliphatic carbocycles. The van der Waals surface area contributed by atoms with Crippen LogP contribution in [0.1, 0.15) is 11.1 Å². The molecule has 1 aromatic heterocycles. The van der Waals surface area contributed by atoms with Gasteiger partial charge in [-0.05, 0) is 36.2 Å². The topological polar surface area (TPSA) is 54.7 Å². The predicted octanol–water partition coefficient (Wildman–Crippen LogP) is 3.65. The highest BCUT2D eigenvalue weighted by Gasteiger charge is 2.07. The number of nitrogens with two attached hydrogens (primary N) is 1. The van der Waals surface area contributed by atoms with E-state index < -0.39 is 0 Å². The lowest BCUT2D eigenvalue weighted by molar-refractivity contribution is 0.619. The van der Waals surface area contributed by atoms with Gasteiger partial charge in [-0.3, -0.25) is 0 Å². The predicted molar refractivity (Wildman–Crippen MR) is 82.0 cm³/mol. The van der Waals surface area contributed by atoms with Crippen molar-refractivity contribution >= 4 is 0 Å². The number of hydrogen-bond donors (Lipinski definition) is 2. The minimum atomic E-state index is -0.198. The minimum absolute atomic E-state index is 0.198. The summed E-state index contributed by atoms with van der Waals surface area (Å²) < 4.78 is 13.3. The molecule has 0 aliphatic rings. The van der Waals surface area contributed by atoms with Crippen molar-refractivity contribution in [2.75, 3.05) is 0 Å². The molecule has 0 amide bonds. The Morgan fingerprint density at radius 3 is 2.48 bits per heavy atom. The fourth-order valence-electron chi connectivity index (χ4n) is 2.23. The van der Waals surface area contributed by atoms with Crippen molar-refractivity contribution in [2.45, 2.75) is 13.5 Å². The molecule has 1 heterocycles. The third-order valence-corrected chi connectivity index (χ3v) is 3.51. The van der Waals surface area contributed by atoms with E-state index >= 15 is 0 Å². The van der Waals surface area contributed by atoms with Crippen molar-refractivity contribution in [1.29, 1.82) is 0 Å². The van der Waals surface area contributed by atoms with Crippen molar-refractivity contribution < 1.29 is 4.39 Å². The zero-order chi connectivity index (χ0) is 14.8. The maximum Gasteiger partial charge on any atom is 0.137 e. The fraction of sp³-hybridized carbons (Fsp3) is 0.118. The number of benzene rings is 2. The Labute approximate surface area is 122 Å². The van der Waals surface area contributed by atoms with E-state index in [-0.39, 0.29) is 5.82 Å². The maximum atomic E-state index is 13.3. The SMILES string of the molecule is Cc1cc(-c2cnc(-c3ccc(CN)cc3)[nH]2)ccc1F. The largest absolute Gasteiger partial charge is 0.338 e. The molecule has 0 unspecified atom stereocenters. The molecular formula is C17H16FN3. The lowest BCUT2D eigenvalue weighted by atomic mass is 10.1. The second-order valence-corrected chi connectivity index (χ2v) is 5.01. The van der Waals surface area contributed by atoms with Gasteiger partial charge in [0.05, 0.1) is 11.9 Å². The van der Waals surface area contributed by atoms with Gasteiger partial charge in [-0.2, -0.15) is 0 Å². The molecule has 0 saturated carbocycles. The average molecular weight is 281 g/mol. The molecule has 0 radical (unpaired) electrons. The monoisotopic (exact) mass is 281 g/mol. The summed E-state index contributed by atoms with van der Waals surface area (Å²) in [5.74, 6) is 0.589. The van der Waals surface area contributed by atoms with Gasteiger partial charge in [-0.1, -0.05) is 24.3 Å². The maximum absolute atomic E-state index is 13.3. The molecule has 2 aromatic carbocycles. The third kappa shape index (κ3) is 2.71. The summed E-state index contributed by atoms with van der Waals surface area (Å²) in [5, 5.41) is 0. The second kappa shape index (κ2) is 5.50. The number of nitrogens with zero attached hydrogens (tertiary/aromatic N) is 1. The van der Waals surface area contributed by atoms with Crippen LogP contribution in [0.15, 0.2) is 48.7 Å². The van der Waals surface area contributed by atoms with Gasteiger partial charge in [-0.15, -0.1) is 0 Å². The van der Waals surface area contributed by atoms with Crippen LogP contribution in [0.2, 0.25) is 0 Å². The first-order chi connectivity index (χ1) is 10.2. The molecule has 3 rings (SSSR count). The van der Waals surface area contributed by atoms with Gasteiger partial charge in [0.1, 0.15) is 11.6 Å². The van der Waals surface area contributed by atoms with Crippen LogP contribution in [0.4, 0.5) is 4.39 Å². The average Bonchev–Trinajstić information content (AvgIpc) is 3.00. The Hall–Kier alpha value is -2.46. The van der Waals surface area contributed by atoms with Crippen LogP contribution < -0.4 is 5.73 Å². The number of rotatable bonds is 3. The number of nitrogens with one attached hydrogen (secondary N) is 1. The second-order valence-electron chi connectivity index (χ2n) is 5.01. The molecule has 3 N–H and O–H groups in total. The number of aromatic amines is 1. The van der Waals surface area contributed by atoms with Crippen molar-refractivity contribution in [3.05, 3.63) is 65.6 Å². The number of aromatic nitrogens is 2.